The van der Waals surface area contributed by atoms with E-state index in [1.165, 1.54) is 38.8 Å². The highest BCUT2D eigenvalue weighted by molar-refractivity contribution is 5.90. The van der Waals surface area contributed by atoms with Gasteiger partial charge in [0.15, 0.2) is 11.5 Å². The third-order valence-electron chi connectivity index (χ3n) is 5.60. The number of carbonyl (C=O) groups excluding carboxylic acids is 1. The molecule has 1 aromatic carbocycles. The predicted molar refractivity (Wildman–Crippen MR) is 101 cm³/mol. The number of carbonyl (C=O) groups is 1. The third kappa shape index (κ3) is 4.06. The van der Waals surface area contributed by atoms with Gasteiger partial charge in [-0.3, -0.25) is 0 Å². The molecule has 1 N–H and O–H groups in total. The number of anilines is 1. The molecule has 0 aliphatic carbocycles. The van der Waals surface area contributed by atoms with Gasteiger partial charge in [-0.1, -0.05) is 12.8 Å². The zero-order chi connectivity index (χ0) is 17.8. The summed E-state index contributed by atoms with van der Waals surface area (Å²) in [4.78, 5) is 17.6. The van der Waals surface area contributed by atoms with Gasteiger partial charge in [0.25, 0.3) is 0 Å². The molecule has 6 heteroatoms. The van der Waals surface area contributed by atoms with E-state index in [9.17, 15) is 4.79 Å². The first-order valence-corrected chi connectivity index (χ1v) is 9.99. The van der Waals surface area contributed by atoms with Crippen LogP contribution in [0.3, 0.4) is 0 Å². The molecule has 142 valence electrons. The topological polar surface area (TPSA) is 54.0 Å². The minimum absolute atomic E-state index is 0.00720. The minimum Gasteiger partial charge on any atom is -0.486 e. The van der Waals surface area contributed by atoms with Gasteiger partial charge in [0, 0.05) is 30.9 Å². The van der Waals surface area contributed by atoms with Crippen molar-refractivity contribution in [1.29, 1.82) is 0 Å². The van der Waals surface area contributed by atoms with Gasteiger partial charge in [-0.15, -0.1) is 0 Å². The summed E-state index contributed by atoms with van der Waals surface area (Å²) in [7, 11) is 0. The van der Waals surface area contributed by atoms with Crippen LogP contribution in [0.15, 0.2) is 18.2 Å². The standard InChI is InChI=1S/C20H29N3O3/c24-20(21-16-7-8-18-19(14-16)26-13-12-25-18)23-11-3-1-2-6-17(23)15-22-9-4-5-10-22/h7-8,14,17H,1-6,9-13,15H2,(H,21,24). The first-order chi connectivity index (χ1) is 12.8. The van der Waals surface area contributed by atoms with E-state index in [1.807, 2.05) is 18.2 Å². The average molecular weight is 359 g/mol. The summed E-state index contributed by atoms with van der Waals surface area (Å²) in [6.07, 6.45) is 7.19. The Balaban J connectivity index is 1.43. The van der Waals surface area contributed by atoms with Gasteiger partial charge >= 0.3 is 6.03 Å². The van der Waals surface area contributed by atoms with Crippen molar-refractivity contribution in [1.82, 2.24) is 9.80 Å². The molecular weight excluding hydrogens is 330 g/mol. The van der Waals surface area contributed by atoms with E-state index in [1.54, 1.807) is 0 Å². The van der Waals surface area contributed by atoms with Crippen molar-refractivity contribution in [3.63, 3.8) is 0 Å². The van der Waals surface area contributed by atoms with Crippen LogP contribution in [0.1, 0.15) is 38.5 Å². The Bertz CT molecular complexity index is 631. The molecule has 3 heterocycles. The van der Waals surface area contributed by atoms with Gasteiger partial charge in [0.05, 0.1) is 0 Å². The van der Waals surface area contributed by atoms with E-state index >= 15 is 0 Å². The maximum absolute atomic E-state index is 13.0. The summed E-state index contributed by atoms with van der Waals surface area (Å²) < 4.78 is 11.2. The van der Waals surface area contributed by atoms with Crippen molar-refractivity contribution in [2.75, 3.05) is 44.7 Å². The number of hydrogen-bond donors (Lipinski definition) is 1. The van der Waals surface area contributed by atoms with Crippen LogP contribution in [0.5, 0.6) is 11.5 Å². The van der Waals surface area contributed by atoms with Gasteiger partial charge in [-0.05, 0) is 50.9 Å². The average Bonchev–Trinajstić information content (AvgIpc) is 3.06. The Morgan fingerprint density at radius 2 is 1.77 bits per heavy atom. The van der Waals surface area contributed by atoms with Crippen molar-refractivity contribution < 1.29 is 14.3 Å². The summed E-state index contributed by atoms with van der Waals surface area (Å²) in [5.74, 6) is 1.45. The molecule has 4 rings (SSSR count). The molecule has 0 spiro atoms. The second-order valence-electron chi connectivity index (χ2n) is 7.49. The number of nitrogens with one attached hydrogen (secondary N) is 1. The van der Waals surface area contributed by atoms with Crippen molar-refractivity contribution in [3.8, 4) is 11.5 Å². The molecule has 2 amide bonds. The van der Waals surface area contributed by atoms with Gasteiger partial charge in [-0.2, -0.15) is 0 Å². The van der Waals surface area contributed by atoms with Crippen molar-refractivity contribution in [2.45, 2.75) is 44.6 Å². The maximum Gasteiger partial charge on any atom is 0.322 e. The monoisotopic (exact) mass is 359 g/mol. The van der Waals surface area contributed by atoms with Gasteiger partial charge < -0.3 is 24.6 Å². The number of ether oxygens (including phenoxy) is 2. The molecule has 0 saturated carbocycles. The molecule has 0 aromatic heterocycles. The Kier molecular flexibility index (Phi) is 5.48. The lowest BCUT2D eigenvalue weighted by atomic mass is 10.1. The van der Waals surface area contributed by atoms with Crippen LogP contribution in [-0.2, 0) is 0 Å². The maximum atomic E-state index is 13.0. The van der Waals surface area contributed by atoms with Crippen molar-refractivity contribution in [3.05, 3.63) is 18.2 Å². The Morgan fingerprint density at radius 3 is 2.62 bits per heavy atom. The van der Waals surface area contributed by atoms with E-state index in [4.69, 9.17) is 9.47 Å². The SMILES string of the molecule is O=C(Nc1ccc2c(c1)OCCO2)N1CCCCCC1CN1CCCC1. The van der Waals surface area contributed by atoms with E-state index in [2.05, 4.69) is 15.1 Å². The minimum atomic E-state index is 0.00720. The molecule has 3 aliphatic heterocycles. The number of likely N-dealkylation sites (tertiary alicyclic amines) is 2. The van der Waals surface area contributed by atoms with Crippen LogP contribution in [0.2, 0.25) is 0 Å². The van der Waals surface area contributed by atoms with E-state index in [0.29, 0.717) is 25.0 Å². The molecule has 1 atom stereocenters. The lowest BCUT2D eigenvalue weighted by molar-refractivity contribution is 0.163. The molecule has 1 unspecified atom stereocenters. The number of hydrogen-bond acceptors (Lipinski definition) is 4. The van der Waals surface area contributed by atoms with Crippen LogP contribution in [-0.4, -0.2) is 61.3 Å². The third-order valence-corrected chi connectivity index (χ3v) is 5.60. The largest absolute Gasteiger partial charge is 0.486 e. The highest BCUT2D eigenvalue weighted by atomic mass is 16.6. The lowest BCUT2D eigenvalue weighted by Gasteiger charge is -2.33. The van der Waals surface area contributed by atoms with E-state index in [-0.39, 0.29) is 6.03 Å². The van der Waals surface area contributed by atoms with E-state index < -0.39 is 0 Å². The smallest absolute Gasteiger partial charge is 0.322 e. The van der Waals surface area contributed by atoms with E-state index in [0.717, 1.165) is 37.4 Å². The summed E-state index contributed by atoms with van der Waals surface area (Å²) in [5.41, 5.74) is 0.767. The van der Waals surface area contributed by atoms with Gasteiger partial charge in [-0.25, -0.2) is 4.79 Å². The highest BCUT2D eigenvalue weighted by Gasteiger charge is 2.28. The molecule has 3 aliphatic rings. The van der Waals surface area contributed by atoms with Crippen LogP contribution in [0.4, 0.5) is 10.5 Å². The lowest BCUT2D eigenvalue weighted by Crippen LogP contribution is -2.47. The number of urea groups is 1. The Labute approximate surface area is 155 Å². The molecule has 26 heavy (non-hydrogen) atoms. The molecule has 2 fully saturated rings. The van der Waals surface area contributed by atoms with Gasteiger partial charge in [0.1, 0.15) is 13.2 Å². The Morgan fingerprint density at radius 1 is 1.00 bits per heavy atom. The normalized spacial score (nSPS) is 23.5. The number of nitrogens with zero attached hydrogens (tertiary/aromatic N) is 2. The number of benzene rings is 1. The van der Waals surface area contributed by atoms with Crippen LogP contribution >= 0.6 is 0 Å². The van der Waals surface area contributed by atoms with Crippen LogP contribution < -0.4 is 14.8 Å². The van der Waals surface area contributed by atoms with Crippen molar-refractivity contribution in [2.24, 2.45) is 0 Å². The molecule has 6 nitrogen and oxygen atoms in total. The fraction of sp³-hybridized carbons (Fsp3) is 0.650. The first-order valence-electron chi connectivity index (χ1n) is 9.99. The summed E-state index contributed by atoms with van der Waals surface area (Å²) in [5, 5.41) is 3.08. The number of fused-ring (bicyclic) bond motifs is 1. The second-order valence-corrected chi connectivity index (χ2v) is 7.49. The molecular formula is C20H29N3O3. The van der Waals surface area contributed by atoms with Crippen LogP contribution in [0, 0.1) is 0 Å². The predicted octanol–water partition coefficient (Wildman–Crippen LogP) is 3.33. The Hall–Kier alpha value is -1.95. The second kappa shape index (κ2) is 8.16. The zero-order valence-electron chi connectivity index (χ0n) is 15.4. The molecule has 0 radical (unpaired) electrons. The molecule has 1 aromatic rings. The first kappa shape index (κ1) is 17.5. The molecule has 2 saturated heterocycles. The van der Waals surface area contributed by atoms with Gasteiger partial charge in [0.2, 0.25) is 0 Å². The fourth-order valence-electron chi connectivity index (χ4n) is 4.21. The number of amides is 2. The summed E-state index contributed by atoms with van der Waals surface area (Å²) in [6, 6.07) is 5.94. The zero-order valence-corrected chi connectivity index (χ0v) is 15.4. The van der Waals surface area contributed by atoms with Crippen LogP contribution in [0.25, 0.3) is 0 Å². The number of rotatable bonds is 3. The highest BCUT2D eigenvalue weighted by Crippen LogP contribution is 2.33. The molecule has 0 bridgehead atoms. The summed E-state index contributed by atoms with van der Waals surface area (Å²) in [6.45, 7) is 5.32. The summed E-state index contributed by atoms with van der Waals surface area (Å²) >= 11 is 0. The quantitative estimate of drug-likeness (QED) is 0.899. The van der Waals surface area contributed by atoms with Crippen molar-refractivity contribution >= 4 is 11.7 Å². The fourth-order valence-corrected chi connectivity index (χ4v) is 4.21.